The van der Waals surface area contributed by atoms with Gasteiger partial charge >= 0.3 is 0 Å². The molecule has 0 fully saturated rings. The first-order valence-electron chi connectivity index (χ1n) is 19.3. The summed E-state index contributed by atoms with van der Waals surface area (Å²) in [6.45, 7) is 9.79. The van der Waals surface area contributed by atoms with Crippen LogP contribution in [0.4, 0.5) is 0 Å². The quantitative estimate of drug-likeness (QED) is 0.159. The second-order valence-corrected chi connectivity index (χ2v) is 16.9. The number of hydrogen-bond acceptors (Lipinski definition) is 0. The van der Waals surface area contributed by atoms with Crippen LogP contribution >= 0.6 is 0 Å². The van der Waals surface area contributed by atoms with Gasteiger partial charge in [0.15, 0.2) is 0 Å². The normalized spacial score (nSPS) is 15.0. The van der Waals surface area contributed by atoms with Crippen LogP contribution in [0.25, 0.3) is 98.4 Å². The number of rotatable bonds is 2. The van der Waals surface area contributed by atoms with Gasteiger partial charge in [0.1, 0.15) is 0 Å². The molecule has 2 aliphatic carbocycles. The summed E-state index contributed by atoms with van der Waals surface area (Å²) in [4.78, 5) is 0. The van der Waals surface area contributed by atoms with Crippen molar-refractivity contribution in [1.29, 1.82) is 0 Å². The zero-order chi connectivity index (χ0) is 36.1. The van der Waals surface area contributed by atoms with Gasteiger partial charge in [-0.1, -0.05) is 161 Å². The first-order chi connectivity index (χ1) is 26.3. The maximum Gasteiger partial charge on any atom is 0.0165 e. The lowest BCUT2D eigenvalue weighted by Gasteiger charge is -2.28. The maximum atomic E-state index is 2.48. The Hall–Kier alpha value is -6.24. The average Bonchev–Trinajstić information content (AvgIpc) is 3.59. The minimum absolute atomic E-state index is 0.170. The zero-order valence-corrected chi connectivity index (χ0v) is 31.0. The van der Waals surface area contributed by atoms with Gasteiger partial charge in [0.05, 0.1) is 0 Å². The predicted octanol–water partition coefficient (Wildman–Crippen LogP) is 14.8. The van der Waals surface area contributed by atoms with Gasteiger partial charge < -0.3 is 0 Å². The van der Waals surface area contributed by atoms with E-state index in [0.717, 1.165) is 0 Å². The molecule has 54 heavy (non-hydrogen) atoms. The van der Waals surface area contributed by atoms with Gasteiger partial charge in [-0.2, -0.15) is 0 Å². The highest BCUT2D eigenvalue weighted by atomic mass is 14.5. The third-order valence-corrected chi connectivity index (χ3v) is 13.3. The molecule has 0 radical (unpaired) electrons. The Balaban J connectivity index is 1.10. The molecular weight excluding hydrogens is 649 g/mol. The Morgan fingerprint density at radius 3 is 1.13 bits per heavy atom. The van der Waals surface area contributed by atoms with Crippen molar-refractivity contribution in [2.24, 2.45) is 0 Å². The lowest BCUT2D eigenvalue weighted by atomic mass is 9.75. The fraction of sp³-hybridized carbons (Fsp3) is 0.111. The van der Waals surface area contributed by atoms with Gasteiger partial charge in [-0.25, -0.2) is 0 Å². The molecule has 2 aliphatic rings. The van der Waals surface area contributed by atoms with Crippen LogP contribution < -0.4 is 0 Å². The van der Waals surface area contributed by atoms with E-state index < -0.39 is 0 Å². The molecule has 0 atom stereocenters. The minimum Gasteiger partial charge on any atom is -0.0616 e. The summed E-state index contributed by atoms with van der Waals surface area (Å²) >= 11 is 0. The molecule has 0 amide bonds. The van der Waals surface area contributed by atoms with Gasteiger partial charge in [0, 0.05) is 10.8 Å². The SMILES string of the molecule is CC1(C)c2cc(-c3ccc4ccccc4c3)ccc2-c2c1c1cccc3c4c(c5cccc2c5c31)C(C)(C)c1cc(-c2ccc3ccccc3c2)ccc1-4. The summed E-state index contributed by atoms with van der Waals surface area (Å²) in [5.41, 5.74) is 16.1. The Bertz CT molecular complexity index is 3040. The largest absolute Gasteiger partial charge is 0.0616 e. The van der Waals surface area contributed by atoms with E-state index in [-0.39, 0.29) is 10.8 Å². The summed E-state index contributed by atoms with van der Waals surface area (Å²) in [5, 5.41) is 13.5. The summed E-state index contributed by atoms with van der Waals surface area (Å²) < 4.78 is 0. The van der Waals surface area contributed by atoms with E-state index in [1.165, 1.54) is 121 Å². The molecular formula is C54H38. The average molecular weight is 687 g/mol. The highest BCUT2D eigenvalue weighted by Gasteiger charge is 2.43. The molecule has 12 rings (SSSR count). The Labute approximate surface area is 315 Å². The van der Waals surface area contributed by atoms with Gasteiger partial charge in [-0.05, 0) is 145 Å². The molecule has 10 aromatic carbocycles. The monoisotopic (exact) mass is 686 g/mol. The van der Waals surface area contributed by atoms with Crippen molar-refractivity contribution in [3.8, 4) is 44.5 Å². The smallest absolute Gasteiger partial charge is 0.0165 e. The molecule has 254 valence electrons. The lowest BCUT2D eigenvalue weighted by Crippen LogP contribution is -2.17. The molecule has 10 aromatic rings. The van der Waals surface area contributed by atoms with Gasteiger partial charge in [0.2, 0.25) is 0 Å². The fourth-order valence-electron chi connectivity index (χ4n) is 10.8. The molecule has 0 saturated carbocycles. The van der Waals surface area contributed by atoms with Crippen molar-refractivity contribution >= 4 is 53.9 Å². The third-order valence-electron chi connectivity index (χ3n) is 13.3. The molecule has 0 bridgehead atoms. The summed E-state index contributed by atoms with van der Waals surface area (Å²) in [7, 11) is 0. The van der Waals surface area contributed by atoms with Gasteiger partial charge in [-0.3, -0.25) is 0 Å². The number of benzene rings is 10. The van der Waals surface area contributed by atoms with Crippen molar-refractivity contribution in [3.05, 3.63) is 180 Å². The molecule has 0 N–H and O–H groups in total. The van der Waals surface area contributed by atoms with Crippen LogP contribution in [0.2, 0.25) is 0 Å². The van der Waals surface area contributed by atoms with E-state index >= 15 is 0 Å². The number of hydrogen-bond donors (Lipinski definition) is 0. The third kappa shape index (κ3) is 3.78. The number of fused-ring (bicyclic) bond motifs is 12. The molecule has 0 aliphatic heterocycles. The van der Waals surface area contributed by atoms with Gasteiger partial charge in [-0.15, -0.1) is 0 Å². The van der Waals surface area contributed by atoms with Crippen molar-refractivity contribution < 1.29 is 0 Å². The van der Waals surface area contributed by atoms with E-state index in [9.17, 15) is 0 Å². The molecule has 0 saturated heterocycles. The highest BCUT2D eigenvalue weighted by molar-refractivity contribution is 6.33. The highest BCUT2D eigenvalue weighted by Crippen LogP contribution is 2.61. The fourth-order valence-corrected chi connectivity index (χ4v) is 10.8. The van der Waals surface area contributed by atoms with E-state index in [0.29, 0.717) is 0 Å². The van der Waals surface area contributed by atoms with Crippen LogP contribution in [-0.4, -0.2) is 0 Å². The maximum absolute atomic E-state index is 2.48. The van der Waals surface area contributed by atoms with E-state index in [4.69, 9.17) is 0 Å². The summed E-state index contributed by atoms with van der Waals surface area (Å²) in [6.07, 6.45) is 0. The van der Waals surface area contributed by atoms with E-state index in [1.54, 1.807) is 0 Å². The van der Waals surface area contributed by atoms with Crippen LogP contribution in [-0.2, 0) is 10.8 Å². The first-order valence-corrected chi connectivity index (χ1v) is 19.3. The van der Waals surface area contributed by atoms with Crippen LogP contribution in [0, 0.1) is 0 Å². The second kappa shape index (κ2) is 10.2. The molecule has 0 aromatic heterocycles. The summed E-state index contributed by atoms with van der Waals surface area (Å²) in [5.74, 6) is 0. The summed E-state index contributed by atoms with van der Waals surface area (Å²) in [6, 6.07) is 59.8. The predicted molar refractivity (Wildman–Crippen MR) is 231 cm³/mol. The van der Waals surface area contributed by atoms with Gasteiger partial charge in [0.25, 0.3) is 0 Å². The Kier molecular flexibility index (Phi) is 5.74. The Morgan fingerprint density at radius 1 is 0.315 bits per heavy atom. The molecule has 0 nitrogen and oxygen atoms in total. The topological polar surface area (TPSA) is 0 Å². The zero-order valence-electron chi connectivity index (χ0n) is 31.0. The lowest BCUT2D eigenvalue weighted by molar-refractivity contribution is 0.666. The van der Waals surface area contributed by atoms with Crippen LogP contribution in [0.5, 0.6) is 0 Å². The van der Waals surface area contributed by atoms with Crippen LogP contribution in [0.15, 0.2) is 158 Å². The first kappa shape index (κ1) is 30.2. The molecule has 0 heteroatoms. The molecule has 0 unspecified atom stereocenters. The van der Waals surface area contributed by atoms with E-state index in [2.05, 4.69) is 185 Å². The van der Waals surface area contributed by atoms with E-state index in [1.807, 2.05) is 0 Å². The van der Waals surface area contributed by atoms with Crippen molar-refractivity contribution in [3.63, 3.8) is 0 Å². The van der Waals surface area contributed by atoms with Crippen molar-refractivity contribution in [2.75, 3.05) is 0 Å². The standard InChI is InChI=1S/C54H38/c1-53(2)45-29-37(35-21-19-31-11-5-7-13-33(31)27-35)23-25-39(45)49-41-15-10-18-44-48(41)47-42(16-9-17-43(47)51(49)53)50-40-26-24-38(30-46(40)54(3,4)52(44)50)36-22-20-32-12-6-8-14-34(32)28-36/h5-30H,1-4H3. The second-order valence-electron chi connectivity index (χ2n) is 16.9. The molecule has 0 heterocycles. The van der Waals surface area contributed by atoms with Crippen LogP contribution in [0.3, 0.4) is 0 Å². The minimum atomic E-state index is -0.170. The van der Waals surface area contributed by atoms with Crippen molar-refractivity contribution in [2.45, 2.75) is 38.5 Å². The van der Waals surface area contributed by atoms with Crippen molar-refractivity contribution in [1.82, 2.24) is 0 Å². The van der Waals surface area contributed by atoms with Crippen LogP contribution in [0.1, 0.15) is 49.9 Å². The Morgan fingerprint density at radius 2 is 0.685 bits per heavy atom. The molecule has 0 spiro atoms.